The second-order valence-electron chi connectivity index (χ2n) is 5.30. The lowest BCUT2D eigenvalue weighted by Gasteiger charge is -2.18. The predicted octanol–water partition coefficient (Wildman–Crippen LogP) is 1.79. The summed E-state index contributed by atoms with van der Waals surface area (Å²) in [6, 6.07) is 4.53. The molecule has 0 spiro atoms. The van der Waals surface area contributed by atoms with Gasteiger partial charge in [-0.3, -0.25) is 4.79 Å². The number of nitrogens with two attached hydrogens (primary N) is 1. The van der Waals surface area contributed by atoms with E-state index in [1.807, 2.05) is 0 Å². The number of aromatic carboxylic acids is 1. The Kier molecular flexibility index (Phi) is 4.67. The fourth-order valence-corrected chi connectivity index (χ4v) is 2.46. The summed E-state index contributed by atoms with van der Waals surface area (Å²) < 4.78 is 5.52. The number of rotatable bonds is 5. The van der Waals surface area contributed by atoms with Crippen molar-refractivity contribution >= 4 is 17.6 Å². The van der Waals surface area contributed by atoms with Crippen LogP contribution in [0.15, 0.2) is 18.2 Å². The van der Waals surface area contributed by atoms with Crippen LogP contribution in [0.4, 0.5) is 5.69 Å². The van der Waals surface area contributed by atoms with Gasteiger partial charge in [0.2, 0.25) is 0 Å². The van der Waals surface area contributed by atoms with Gasteiger partial charge in [-0.25, -0.2) is 4.79 Å². The van der Waals surface area contributed by atoms with Crippen LogP contribution >= 0.6 is 0 Å². The van der Waals surface area contributed by atoms with E-state index in [1.165, 1.54) is 18.2 Å². The molecule has 2 rings (SSSR count). The molecule has 0 aromatic heterocycles. The van der Waals surface area contributed by atoms with Crippen LogP contribution in [0.25, 0.3) is 0 Å². The van der Waals surface area contributed by atoms with E-state index in [9.17, 15) is 9.59 Å². The Morgan fingerprint density at radius 3 is 2.62 bits per heavy atom. The maximum Gasteiger partial charge on any atom is 0.337 e. The minimum Gasteiger partial charge on any atom is -0.481 e. The zero-order valence-corrected chi connectivity index (χ0v) is 12.0. The lowest BCUT2D eigenvalue weighted by Crippen LogP contribution is -2.41. The predicted molar refractivity (Wildman–Crippen MR) is 78.3 cm³/mol. The van der Waals surface area contributed by atoms with Crippen LogP contribution in [0, 0.1) is 0 Å². The largest absolute Gasteiger partial charge is 0.481 e. The van der Waals surface area contributed by atoms with Crippen molar-refractivity contribution in [3.63, 3.8) is 0 Å². The Balaban J connectivity index is 1.95. The van der Waals surface area contributed by atoms with Crippen LogP contribution in [0.2, 0.25) is 0 Å². The van der Waals surface area contributed by atoms with Gasteiger partial charge in [0.05, 0.1) is 5.56 Å². The third-order valence-electron chi connectivity index (χ3n) is 3.64. The number of hydrogen-bond acceptors (Lipinski definition) is 4. The first-order chi connectivity index (χ1) is 9.97. The molecule has 6 heteroatoms. The van der Waals surface area contributed by atoms with Crippen molar-refractivity contribution in [3.8, 4) is 5.75 Å². The van der Waals surface area contributed by atoms with Crippen molar-refractivity contribution in [1.29, 1.82) is 0 Å². The van der Waals surface area contributed by atoms with E-state index in [2.05, 4.69) is 5.32 Å². The topological polar surface area (TPSA) is 102 Å². The third-order valence-corrected chi connectivity index (χ3v) is 3.64. The summed E-state index contributed by atoms with van der Waals surface area (Å²) in [6.07, 6.45) is 3.67. The standard InChI is InChI=1S/C15H20N2O4/c1-9(14(18)17-10-4-2-3-5-10)21-11-6-7-12(15(19)20)13(16)8-11/h6-10H,2-5,16H2,1H3,(H,17,18)(H,19,20). The minimum atomic E-state index is -1.09. The number of anilines is 1. The van der Waals surface area contributed by atoms with Gasteiger partial charge in [-0.1, -0.05) is 12.8 Å². The molecular formula is C15H20N2O4. The van der Waals surface area contributed by atoms with Gasteiger partial charge in [0, 0.05) is 17.8 Å². The summed E-state index contributed by atoms with van der Waals surface area (Å²) in [5, 5.41) is 11.9. The molecule has 1 atom stereocenters. The van der Waals surface area contributed by atoms with Crippen LogP contribution in [0.3, 0.4) is 0 Å². The summed E-state index contributed by atoms with van der Waals surface area (Å²) >= 11 is 0. The van der Waals surface area contributed by atoms with Crippen LogP contribution in [-0.2, 0) is 4.79 Å². The first-order valence-electron chi connectivity index (χ1n) is 7.07. The number of ether oxygens (including phenoxy) is 1. The van der Waals surface area contributed by atoms with Gasteiger partial charge in [0.25, 0.3) is 5.91 Å². The van der Waals surface area contributed by atoms with E-state index in [0.717, 1.165) is 25.7 Å². The van der Waals surface area contributed by atoms with Crippen LogP contribution in [-0.4, -0.2) is 29.1 Å². The monoisotopic (exact) mass is 292 g/mol. The van der Waals surface area contributed by atoms with Gasteiger partial charge < -0.3 is 20.9 Å². The number of carbonyl (C=O) groups is 2. The molecule has 0 saturated heterocycles. The molecule has 1 aromatic carbocycles. The quantitative estimate of drug-likeness (QED) is 0.718. The molecule has 4 N–H and O–H groups in total. The molecule has 0 heterocycles. The van der Waals surface area contributed by atoms with Crippen molar-refractivity contribution in [2.24, 2.45) is 0 Å². The highest BCUT2D eigenvalue weighted by molar-refractivity contribution is 5.93. The fraction of sp³-hybridized carbons (Fsp3) is 0.467. The SMILES string of the molecule is CC(Oc1ccc(C(=O)O)c(N)c1)C(=O)NC1CCCC1. The molecule has 0 radical (unpaired) electrons. The molecule has 1 aliphatic carbocycles. The van der Waals surface area contributed by atoms with E-state index in [1.54, 1.807) is 6.92 Å². The number of benzene rings is 1. The van der Waals surface area contributed by atoms with Gasteiger partial charge in [0.1, 0.15) is 5.75 Å². The molecule has 21 heavy (non-hydrogen) atoms. The summed E-state index contributed by atoms with van der Waals surface area (Å²) in [5.74, 6) is -0.875. The normalized spacial score (nSPS) is 16.4. The van der Waals surface area contributed by atoms with Gasteiger partial charge in [-0.05, 0) is 31.9 Å². The molecule has 1 amide bonds. The Morgan fingerprint density at radius 2 is 2.05 bits per heavy atom. The number of nitrogen functional groups attached to an aromatic ring is 1. The molecule has 1 fully saturated rings. The van der Waals surface area contributed by atoms with Gasteiger partial charge in [0.15, 0.2) is 6.10 Å². The molecule has 6 nitrogen and oxygen atoms in total. The Bertz CT molecular complexity index is 538. The zero-order valence-electron chi connectivity index (χ0n) is 12.0. The number of amides is 1. The van der Waals surface area contributed by atoms with Gasteiger partial charge >= 0.3 is 5.97 Å². The van der Waals surface area contributed by atoms with Crippen molar-refractivity contribution in [1.82, 2.24) is 5.32 Å². The smallest absolute Gasteiger partial charge is 0.337 e. The molecule has 0 aliphatic heterocycles. The van der Waals surface area contributed by atoms with E-state index >= 15 is 0 Å². The Labute approximate surface area is 123 Å². The summed E-state index contributed by atoms with van der Waals surface area (Å²) in [5.41, 5.74) is 5.78. The number of carboxylic acids is 1. The van der Waals surface area contributed by atoms with Crippen molar-refractivity contribution in [2.75, 3.05) is 5.73 Å². The van der Waals surface area contributed by atoms with Crippen molar-refractivity contribution in [3.05, 3.63) is 23.8 Å². The van der Waals surface area contributed by atoms with E-state index in [-0.39, 0.29) is 23.2 Å². The second-order valence-corrected chi connectivity index (χ2v) is 5.30. The molecule has 1 aliphatic rings. The fourth-order valence-electron chi connectivity index (χ4n) is 2.46. The number of carbonyl (C=O) groups excluding carboxylic acids is 1. The summed E-state index contributed by atoms with van der Waals surface area (Å²) in [4.78, 5) is 22.9. The lowest BCUT2D eigenvalue weighted by atomic mass is 10.2. The summed E-state index contributed by atoms with van der Waals surface area (Å²) in [7, 11) is 0. The number of hydrogen-bond donors (Lipinski definition) is 3. The van der Waals surface area contributed by atoms with Gasteiger partial charge in [-0.2, -0.15) is 0 Å². The Morgan fingerprint density at radius 1 is 1.38 bits per heavy atom. The molecular weight excluding hydrogens is 272 g/mol. The van der Waals surface area contributed by atoms with E-state index in [4.69, 9.17) is 15.6 Å². The third kappa shape index (κ3) is 3.87. The average Bonchev–Trinajstić information content (AvgIpc) is 2.91. The van der Waals surface area contributed by atoms with Gasteiger partial charge in [-0.15, -0.1) is 0 Å². The lowest BCUT2D eigenvalue weighted by molar-refractivity contribution is -0.127. The highest BCUT2D eigenvalue weighted by atomic mass is 16.5. The van der Waals surface area contributed by atoms with Crippen molar-refractivity contribution < 1.29 is 19.4 Å². The number of carboxylic acid groups (broad SMARTS) is 1. The second kappa shape index (κ2) is 6.47. The molecule has 1 saturated carbocycles. The van der Waals surface area contributed by atoms with Crippen LogP contribution in [0.1, 0.15) is 43.0 Å². The summed E-state index contributed by atoms with van der Waals surface area (Å²) in [6.45, 7) is 1.66. The average molecular weight is 292 g/mol. The van der Waals surface area contributed by atoms with Crippen LogP contribution < -0.4 is 15.8 Å². The molecule has 0 bridgehead atoms. The minimum absolute atomic E-state index is 0.0189. The van der Waals surface area contributed by atoms with E-state index < -0.39 is 12.1 Å². The van der Waals surface area contributed by atoms with Crippen molar-refractivity contribution in [2.45, 2.75) is 44.8 Å². The van der Waals surface area contributed by atoms with E-state index in [0.29, 0.717) is 5.75 Å². The highest BCUT2D eigenvalue weighted by Gasteiger charge is 2.22. The zero-order chi connectivity index (χ0) is 15.4. The first kappa shape index (κ1) is 15.2. The maximum absolute atomic E-state index is 12.0. The van der Waals surface area contributed by atoms with Crippen LogP contribution in [0.5, 0.6) is 5.75 Å². The Hall–Kier alpha value is -2.24. The molecule has 1 unspecified atom stereocenters. The number of nitrogens with one attached hydrogen (secondary N) is 1. The maximum atomic E-state index is 12.0. The first-order valence-corrected chi connectivity index (χ1v) is 7.07. The molecule has 1 aromatic rings. The highest BCUT2D eigenvalue weighted by Crippen LogP contribution is 2.21. The molecule has 114 valence electrons.